The number of halogens is 2. The van der Waals surface area contributed by atoms with Gasteiger partial charge < -0.3 is 5.73 Å². The fraction of sp³-hybridized carbons (Fsp3) is 0.538. The first-order valence-corrected chi connectivity index (χ1v) is 6.68. The van der Waals surface area contributed by atoms with Gasteiger partial charge in [0.25, 0.3) is 0 Å². The predicted octanol–water partition coefficient (Wildman–Crippen LogP) is 4.17. The molecule has 1 fully saturated rings. The molecule has 88 valence electrons. The zero-order valence-corrected chi connectivity index (χ0v) is 10.8. The van der Waals surface area contributed by atoms with Gasteiger partial charge in [-0.2, -0.15) is 0 Å². The summed E-state index contributed by atoms with van der Waals surface area (Å²) in [5.41, 5.74) is 7.30. The number of rotatable bonds is 2. The van der Waals surface area contributed by atoms with Crippen LogP contribution in [0.25, 0.3) is 0 Å². The molecule has 0 saturated heterocycles. The Kier molecular flexibility index (Phi) is 3.98. The van der Waals surface area contributed by atoms with E-state index >= 15 is 0 Å². The molecule has 3 heteroatoms. The second-order valence-corrected chi connectivity index (χ2v) is 5.44. The first-order valence-electron chi connectivity index (χ1n) is 5.89. The topological polar surface area (TPSA) is 26.0 Å². The molecule has 2 rings (SSSR count). The van der Waals surface area contributed by atoms with Crippen molar-refractivity contribution in [2.24, 2.45) is 11.7 Å². The molecule has 1 atom stereocenters. The molecule has 0 aliphatic heterocycles. The maximum absolute atomic E-state index is 13.0. The van der Waals surface area contributed by atoms with Gasteiger partial charge in [-0.05, 0) is 36.5 Å². The monoisotopic (exact) mass is 285 g/mol. The molecule has 0 aromatic heterocycles. The van der Waals surface area contributed by atoms with Crippen LogP contribution in [0.1, 0.15) is 43.7 Å². The van der Waals surface area contributed by atoms with E-state index in [-0.39, 0.29) is 11.9 Å². The molecule has 0 heterocycles. The lowest BCUT2D eigenvalue weighted by atomic mass is 9.81. The largest absolute Gasteiger partial charge is 0.324 e. The minimum absolute atomic E-state index is 0.0373. The van der Waals surface area contributed by atoms with Gasteiger partial charge in [-0.3, -0.25) is 0 Å². The molecule has 16 heavy (non-hydrogen) atoms. The lowest BCUT2D eigenvalue weighted by molar-refractivity contribution is 0.307. The van der Waals surface area contributed by atoms with Crippen LogP contribution in [0.5, 0.6) is 0 Å². The molecular weight excluding hydrogens is 269 g/mol. The summed E-state index contributed by atoms with van der Waals surface area (Å²) >= 11 is 3.39. The fourth-order valence-electron chi connectivity index (χ4n) is 2.52. The van der Waals surface area contributed by atoms with Crippen molar-refractivity contribution in [3.63, 3.8) is 0 Å². The summed E-state index contributed by atoms with van der Waals surface area (Å²) in [6.07, 6.45) is 6.28. The fourth-order valence-corrected chi connectivity index (χ4v) is 3.13. The van der Waals surface area contributed by atoms with Crippen molar-refractivity contribution in [3.8, 4) is 0 Å². The number of benzene rings is 1. The van der Waals surface area contributed by atoms with E-state index in [0.29, 0.717) is 5.92 Å². The third-order valence-corrected chi connectivity index (χ3v) is 4.17. The van der Waals surface area contributed by atoms with Gasteiger partial charge in [-0.15, -0.1) is 0 Å². The Morgan fingerprint density at radius 3 is 2.56 bits per heavy atom. The summed E-state index contributed by atoms with van der Waals surface area (Å²) < 4.78 is 13.8. The van der Waals surface area contributed by atoms with E-state index in [4.69, 9.17) is 5.73 Å². The summed E-state index contributed by atoms with van der Waals surface area (Å²) in [6, 6.07) is 4.83. The Balaban J connectivity index is 2.15. The van der Waals surface area contributed by atoms with E-state index < -0.39 is 0 Å². The van der Waals surface area contributed by atoms with E-state index in [1.54, 1.807) is 6.07 Å². The Bertz CT molecular complexity index is 361. The van der Waals surface area contributed by atoms with Crippen molar-refractivity contribution < 1.29 is 4.39 Å². The van der Waals surface area contributed by atoms with E-state index in [1.165, 1.54) is 44.2 Å². The first kappa shape index (κ1) is 12.1. The van der Waals surface area contributed by atoms with Gasteiger partial charge in [0.1, 0.15) is 5.82 Å². The minimum atomic E-state index is -0.216. The Morgan fingerprint density at radius 1 is 1.25 bits per heavy atom. The molecule has 0 amide bonds. The molecule has 2 N–H and O–H groups in total. The third kappa shape index (κ3) is 2.64. The Hall–Kier alpha value is -0.410. The van der Waals surface area contributed by atoms with Crippen molar-refractivity contribution in [2.45, 2.75) is 38.1 Å². The zero-order valence-electron chi connectivity index (χ0n) is 9.26. The van der Waals surface area contributed by atoms with Crippen LogP contribution in [0, 0.1) is 11.7 Å². The van der Waals surface area contributed by atoms with Crippen molar-refractivity contribution in [1.82, 2.24) is 0 Å². The average Bonchev–Trinajstić information content (AvgIpc) is 2.29. The molecule has 1 aromatic rings. The lowest BCUT2D eigenvalue weighted by Gasteiger charge is -2.28. The SMILES string of the molecule is N[C@@H](c1ccc(F)cc1Br)C1CCCCC1. The van der Waals surface area contributed by atoms with Gasteiger partial charge >= 0.3 is 0 Å². The molecule has 0 spiro atoms. The van der Waals surface area contributed by atoms with Crippen LogP contribution in [-0.2, 0) is 0 Å². The van der Waals surface area contributed by atoms with Crippen LogP contribution < -0.4 is 5.73 Å². The molecule has 1 aliphatic rings. The van der Waals surface area contributed by atoms with E-state index in [2.05, 4.69) is 15.9 Å². The quantitative estimate of drug-likeness (QED) is 0.867. The normalized spacial score (nSPS) is 19.7. The van der Waals surface area contributed by atoms with Crippen molar-refractivity contribution in [2.75, 3.05) is 0 Å². The summed E-state index contributed by atoms with van der Waals surface area (Å²) in [6.45, 7) is 0. The maximum atomic E-state index is 13.0. The molecule has 1 aromatic carbocycles. The smallest absolute Gasteiger partial charge is 0.124 e. The highest BCUT2D eigenvalue weighted by atomic mass is 79.9. The zero-order chi connectivity index (χ0) is 11.5. The van der Waals surface area contributed by atoms with Gasteiger partial charge in [0, 0.05) is 10.5 Å². The summed E-state index contributed by atoms with van der Waals surface area (Å²) in [5, 5.41) is 0. The van der Waals surface area contributed by atoms with Crippen LogP contribution in [0.15, 0.2) is 22.7 Å². The van der Waals surface area contributed by atoms with Crippen LogP contribution in [-0.4, -0.2) is 0 Å². The van der Waals surface area contributed by atoms with Crippen LogP contribution in [0.2, 0.25) is 0 Å². The van der Waals surface area contributed by atoms with Crippen molar-refractivity contribution in [1.29, 1.82) is 0 Å². The summed E-state index contributed by atoms with van der Waals surface area (Å²) in [4.78, 5) is 0. The van der Waals surface area contributed by atoms with Gasteiger partial charge in [0.15, 0.2) is 0 Å². The van der Waals surface area contributed by atoms with E-state index in [9.17, 15) is 4.39 Å². The molecule has 1 saturated carbocycles. The van der Waals surface area contributed by atoms with E-state index in [1.807, 2.05) is 0 Å². The second-order valence-electron chi connectivity index (χ2n) is 4.59. The Labute approximate surface area is 104 Å². The molecule has 0 unspecified atom stereocenters. The summed E-state index contributed by atoms with van der Waals surface area (Å²) in [7, 11) is 0. The highest BCUT2D eigenvalue weighted by Crippen LogP contribution is 2.35. The molecule has 0 bridgehead atoms. The molecule has 0 radical (unpaired) electrons. The lowest BCUT2D eigenvalue weighted by Crippen LogP contribution is -2.23. The average molecular weight is 286 g/mol. The van der Waals surface area contributed by atoms with Crippen molar-refractivity contribution >= 4 is 15.9 Å². The molecular formula is C13H17BrFN. The van der Waals surface area contributed by atoms with Gasteiger partial charge in [-0.1, -0.05) is 41.3 Å². The molecule has 1 aliphatic carbocycles. The van der Waals surface area contributed by atoms with Gasteiger partial charge in [-0.25, -0.2) is 4.39 Å². The highest BCUT2D eigenvalue weighted by molar-refractivity contribution is 9.10. The van der Waals surface area contributed by atoms with Crippen molar-refractivity contribution in [3.05, 3.63) is 34.1 Å². The maximum Gasteiger partial charge on any atom is 0.124 e. The predicted molar refractivity (Wildman–Crippen MR) is 67.6 cm³/mol. The highest BCUT2D eigenvalue weighted by Gasteiger charge is 2.23. The number of hydrogen-bond acceptors (Lipinski definition) is 1. The van der Waals surface area contributed by atoms with Crippen LogP contribution >= 0.6 is 15.9 Å². The Morgan fingerprint density at radius 2 is 1.94 bits per heavy atom. The van der Waals surface area contributed by atoms with Gasteiger partial charge in [0.05, 0.1) is 0 Å². The number of hydrogen-bond donors (Lipinski definition) is 1. The van der Waals surface area contributed by atoms with E-state index in [0.717, 1.165) is 10.0 Å². The minimum Gasteiger partial charge on any atom is -0.324 e. The first-order chi connectivity index (χ1) is 7.68. The van der Waals surface area contributed by atoms with Crippen LogP contribution in [0.4, 0.5) is 4.39 Å². The third-order valence-electron chi connectivity index (χ3n) is 3.48. The second kappa shape index (κ2) is 5.28. The van der Waals surface area contributed by atoms with Gasteiger partial charge in [0.2, 0.25) is 0 Å². The standard InChI is InChI=1S/C13H17BrFN/c14-12-8-10(15)6-7-11(12)13(16)9-4-2-1-3-5-9/h6-9,13H,1-5,16H2/t13-/m1/s1. The van der Waals surface area contributed by atoms with Crippen LogP contribution in [0.3, 0.4) is 0 Å². The number of nitrogens with two attached hydrogens (primary N) is 1. The molecule has 1 nitrogen and oxygen atoms in total. The summed E-state index contributed by atoms with van der Waals surface area (Å²) in [5.74, 6) is 0.335.